The summed E-state index contributed by atoms with van der Waals surface area (Å²) >= 11 is 2.95. The molecule has 2 heterocycles. The van der Waals surface area contributed by atoms with Crippen molar-refractivity contribution in [2.75, 3.05) is 11.1 Å². The summed E-state index contributed by atoms with van der Waals surface area (Å²) in [6, 6.07) is 10.1. The molecule has 0 saturated carbocycles. The molecule has 0 bridgehead atoms. The molecule has 0 saturated heterocycles. The highest BCUT2D eigenvalue weighted by Crippen LogP contribution is 2.36. The van der Waals surface area contributed by atoms with Crippen LogP contribution in [0.25, 0.3) is 11.0 Å². The fourth-order valence-corrected chi connectivity index (χ4v) is 5.36. The van der Waals surface area contributed by atoms with Crippen LogP contribution in [0.2, 0.25) is 0 Å². The van der Waals surface area contributed by atoms with Crippen molar-refractivity contribution >= 4 is 45.0 Å². The van der Waals surface area contributed by atoms with Gasteiger partial charge in [-0.1, -0.05) is 36.7 Å². The zero-order valence-corrected chi connectivity index (χ0v) is 16.5. The number of H-pyrrole nitrogens is 1. The standard InChI is InChI=1S/C20H20N4OS2/c21-11-14-13-7-3-1-2-4-10-17(13)27-19(14)24-18(25)12-26-20-22-15-8-5-6-9-16(15)23-20/h5-6,8-9H,1-4,7,10,12H2,(H,22,23)(H,24,25). The first-order valence-electron chi connectivity index (χ1n) is 9.16. The topological polar surface area (TPSA) is 81.6 Å². The van der Waals surface area contributed by atoms with Gasteiger partial charge in [0.15, 0.2) is 5.16 Å². The number of amides is 1. The summed E-state index contributed by atoms with van der Waals surface area (Å²) in [7, 11) is 0. The Morgan fingerprint density at radius 2 is 2.07 bits per heavy atom. The third kappa shape index (κ3) is 4.02. The molecule has 1 aliphatic carbocycles. The van der Waals surface area contributed by atoms with E-state index in [-0.39, 0.29) is 11.7 Å². The van der Waals surface area contributed by atoms with E-state index in [1.807, 2.05) is 24.3 Å². The Kier molecular flexibility index (Phi) is 5.46. The van der Waals surface area contributed by atoms with Crippen molar-refractivity contribution in [3.05, 3.63) is 40.3 Å². The van der Waals surface area contributed by atoms with Gasteiger partial charge in [0.05, 0.1) is 22.3 Å². The van der Waals surface area contributed by atoms with Crippen molar-refractivity contribution in [2.45, 2.75) is 43.7 Å². The van der Waals surface area contributed by atoms with Gasteiger partial charge in [0.25, 0.3) is 0 Å². The summed E-state index contributed by atoms with van der Waals surface area (Å²) in [6.07, 6.45) is 6.70. The number of fused-ring (bicyclic) bond motifs is 2. The summed E-state index contributed by atoms with van der Waals surface area (Å²) in [4.78, 5) is 21.4. The van der Waals surface area contributed by atoms with Gasteiger partial charge in [-0.25, -0.2) is 4.98 Å². The van der Waals surface area contributed by atoms with Crippen molar-refractivity contribution in [1.29, 1.82) is 5.26 Å². The van der Waals surface area contributed by atoms with Crippen LogP contribution in [-0.2, 0) is 17.6 Å². The minimum Gasteiger partial charge on any atom is -0.333 e. The van der Waals surface area contributed by atoms with E-state index in [4.69, 9.17) is 0 Å². The SMILES string of the molecule is N#Cc1c(NC(=O)CSc2nc3ccccc3[nH]2)sc2c1CCCCCC2. The van der Waals surface area contributed by atoms with E-state index < -0.39 is 0 Å². The number of imidazole rings is 1. The number of rotatable bonds is 4. The second-order valence-electron chi connectivity index (χ2n) is 6.63. The minimum atomic E-state index is -0.105. The number of hydrogen-bond acceptors (Lipinski definition) is 5. The first-order chi connectivity index (χ1) is 13.2. The Morgan fingerprint density at radius 1 is 1.26 bits per heavy atom. The summed E-state index contributed by atoms with van der Waals surface area (Å²) in [5, 5.41) is 14.0. The molecule has 4 rings (SSSR count). The molecule has 2 N–H and O–H groups in total. The lowest BCUT2D eigenvalue weighted by atomic mass is 9.97. The molecule has 2 aromatic heterocycles. The number of carbonyl (C=O) groups excluding carboxylic acids is 1. The number of nitrogens with zero attached hydrogens (tertiary/aromatic N) is 2. The van der Waals surface area contributed by atoms with Gasteiger partial charge in [0.1, 0.15) is 11.1 Å². The Morgan fingerprint density at radius 3 is 2.89 bits per heavy atom. The normalized spacial score (nSPS) is 14.2. The number of aromatic nitrogens is 2. The molecular formula is C20H20N4OS2. The number of benzene rings is 1. The van der Waals surface area contributed by atoms with Crippen molar-refractivity contribution in [3.63, 3.8) is 0 Å². The smallest absolute Gasteiger partial charge is 0.235 e. The van der Waals surface area contributed by atoms with Crippen LogP contribution in [0.15, 0.2) is 29.4 Å². The van der Waals surface area contributed by atoms with Gasteiger partial charge >= 0.3 is 0 Å². The van der Waals surface area contributed by atoms with Crippen molar-refractivity contribution in [1.82, 2.24) is 9.97 Å². The molecule has 1 aliphatic rings. The Hall–Kier alpha value is -2.30. The molecule has 138 valence electrons. The lowest BCUT2D eigenvalue weighted by Gasteiger charge is -2.08. The largest absolute Gasteiger partial charge is 0.333 e. The average molecular weight is 397 g/mol. The van der Waals surface area contributed by atoms with Gasteiger partial charge < -0.3 is 10.3 Å². The minimum absolute atomic E-state index is 0.105. The number of aryl methyl sites for hydroxylation is 1. The number of para-hydroxylation sites is 2. The lowest BCUT2D eigenvalue weighted by molar-refractivity contribution is -0.113. The maximum atomic E-state index is 12.4. The van der Waals surface area contributed by atoms with E-state index in [1.54, 1.807) is 11.3 Å². The molecule has 1 aromatic carbocycles. The lowest BCUT2D eigenvalue weighted by Crippen LogP contribution is -2.14. The number of thiophene rings is 1. The number of thioether (sulfide) groups is 1. The Bertz CT molecular complexity index is 982. The molecule has 7 heteroatoms. The zero-order chi connectivity index (χ0) is 18.6. The molecule has 5 nitrogen and oxygen atoms in total. The van der Waals surface area contributed by atoms with Crippen molar-refractivity contribution in [3.8, 4) is 6.07 Å². The molecule has 3 aromatic rings. The predicted molar refractivity (Wildman–Crippen MR) is 110 cm³/mol. The van der Waals surface area contributed by atoms with Gasteiger partial charge in [-0.2, -0.15) is 5.26 Å². The number of anilines is 1. The van der Waals surface area contributed by atoms with E-state index in [0.717, 1.165) is 47.4 Å². The van der Waals surface area contributed by atoms with Crippen LogP contribution in [0.4, 0.5) is 5.00 Å². The quantitative estimate of drug-likeness (QED) is 0.616. The average Bonchev–Trinajstić information content (AvgIpc) is 3.20. The molecule has 1 amide bonds. The molecule has 0 fully saturated rings. The first-order valence-corrected chi connectivity index (χ1v) is 11.0. The highest BCUT2D eigenvalue weighted by atomic mass is 32.2. The summed E-state index contributed by atoms with van der Waals surface area (Å²) in [5.74, 6) is 0.152. The highest BCUT2D eigenvalue weighted by molar-refractivity contribution is 7.99. The molecule has 0 radical (unpaired) electrons. The second-order valence-corrected chi connectivity index (χ2v) is 8.70. The van der Waals surface area contributed by atoms with Crippen LogP contribution >= 0.6 is 23.1 Å². The molecule has 0 aliphatic heterocycles. The van der Waals surface area contributed by atoms with E-state index in [1.165, 1.54) is 29.5 Å². The Balaban J connectivity index is 1.44. The van der Waals surface area contributed by atoms with Gasteiger partial charge in [0.2, 0.25) is 5.91 Å². The van der Waals surface area contributed by atoms with Crippen LogP contribution in [0.5, 0.6) is 0 Å². The van der Waals surface area contributed by atoms with Gasteiger partial charge in [0, 0.05) is 4.88 Å². The maximum absolute atomic E-state index is 12.4. The van der Waals surface area contributed by atoms with Crippen LogP contribution in [0, 0.1) is 11.3 Å². The number of carbonyl (C=O) groups is 1. The van der Waals surface area contributed by atoms with Crippen LogP contribution < -0.4 is 5.32 Å². The molecule has 0 atom stereocenters. The maximum Gasteiger partial charge on any atom is 0.235 e. The number of nitriles is 1. The van der Waals surface area contributed by atoms with E-state index in [2.05, 4.69) is 21.4 Å². The first kappa shape index (κ1) is 18.1. The second kappa shape index (κ2) is 8.15. The summed E-state index contributed by atoms with van der Waals surface area (Å²) < 4.78 is 0. The van der Waals surface area contributed by atoms with Crippen LogP contribution in [0.1, 0.15) is 41.7 Å². The van der Waals surface area contributed by atoms with Gasteiger partial charge in [-0.15, -0.1) is 11.3 Å². The monoisotopic (exact) mass is 396 g/mol. The fourth-order valence-electron chi connectivity index (χ4n) is 3.42. The predicted octanol–water partition coefficient (Wildman–Crippen LogP) is 4.89. The number of nitrogens with one attached hydrogen (secondary N) is 2. The zero-order valence-electron chi connectivity index (χ0n) is 14.9. The number of hydrogen-bond donors (Lipinski definition) is 2. The third-order valence-electron chi connectivity index (χ3n) is 4.74. The molecular weight excluding hydrogens is 376 g/mol. The number of aromatic amines is 1. The van der Waals surface area contributed by atoms with Crippen molar-refractivity contribution < 1.29 is 4.79 Å². The fraction of sp³-hybridized carbons (Fsp3) is 0.350. The summed E-state index contributed by atoms with van der Waals surface area (Å²) in [5.41, 5.74) is 3.68. The van der Waals surface area contributed by atoms with Crippen molar-refractivity contribution in [2.24, 2.45) is 0 Å². The van der Waals surface area contributed by atoms with Crippen LogP contribution in [-0.4, -0.2) is 21.6 Å². The molecule has 0 unspecified atom stereocenters. The molecule has 0 spiro atoms. The van der Waals surface area contributed by atoms with E-state index in [0.29, 0.717) is 10.6 Å². The van der Waals surface area contributed by atoms with Gasteiger partial charge in [-0.3, -0.25) is 4.79 Å². The van der Waals surface area contributed by atoms with Gasteiger partial charge in [-0.05, 0) is 43.4 Å². The Labute approximate surface area is 166 Å². The summed E-state index contributed by atoms with van der Waals surface area (Å²) in [6.45, 7) is 0. The van der Waals surface area contributed by atoms with Crippen LogP contribution in [0.3, 0.4) is 0 Å². The van der Waals surface area contributed by atoms with E-state index >= 15 is 0 Å². The molecule has 27 heavy (non-hydrogen) atoms. The highest BCUT2D eigenvalue weighted by Gasteiger charge is 2.20. The third-order valence-corrected chi connectivity index (χ3v) is 6.82. The van der Waals surface area contributed by atoms with E-state index in [9.17, 15) is 10.1 Å².